The lowest BCUT2D eigenvalue weighted by atomic mass is 9.59. The van der Waals surface area contributed by atoms with Gasteiger partial charge in [0.2, 0.25) is 17.7 Å². The highest BCUT2D eigenvalue weighted by Crippen LogP contribution is 2.36. The second kappa shape index (κ2) is 10.3. The van der Waals surface area contributed by atoms with Crippen molar-refractivity contribution in [2.24, 2.45) is 0 Å². The van der Waals surface area contributed by atoms with Crippen LogP contribution in [0.5, 0.6) is 5.75 Å². The normalized spacial score (nSPS) is 20.6. The molecular formula is C25H30B5N3O6. The van der Waals surface area contributed by atoms with E-state index in [0.717, 1.165) is 27.6 Å². The average molecular weight is 523 g/mol. The maximum atomic E-state index is 13.2. The second-order valence-electron chi connectivity index (χ2n) is 11.1. The van der Waals surface area contributed by atoms with Crippen molar-refractivity contribution in [1.82, 2.24) is 15.1 Å². The Labute approximate surface area is 232 Å². The first kappa shape index (κ1) is 27.2. The van der Waals surface area contributed by atoms with Crippen LogP contribution in [0.2, 0.25) is 0 Å². The van der Waals surface area contributed by atoms with E-state index in [-0.39, 0.29) is 43.2 Å². The van der Waals surface area contributed by atoms with Gasteiger partial charge in [-0.05, 0) is 29.7 Å². The third-order valence-electron chi connectivity index (χ3n) is 8.10. The predicted octanol–water partition coefficient (Wildman–Crippen LogP) is -5.09. The molecule has 4 amide bonds. The molecule has 0 bridgehead atoms. The van der Waals surface area contributed by atoms with Crippen LogP contribution in [-0.4, -0.2) is 98.5 Å². The zero-order valence-electron chi connectivity index (χ0n) is 23.1. The number of piperidine rings is 1. The summed E-state index contributed by atoms with van der Waals surface area (Å²) in [4.78, 5) is 53.1. The number of fused-ring (bicyclic) bond motifs is 1. The lowest BCUT2D eigenvalue weighted by molar-refractivity contribution is -0.143. The first-order valence-corrected chi connectivity index (χ1v) is 13.4. The molecule has 0 radical (unpaired) electrons. The highest BCUT2D eigenvalue weighted by Gasteiger charge is 2.41. The Morgan fingerprint density at radius 3 is 2.49 bits per heavy atom. The fourth-order valence-corrected chi connectivity index (χ4v) is 6.06. The maximum Gasteiger partial charge on any atom is 0.255 e. The van der Waals surface area contributed by atoms with Crippen LogP contribution in [-0.2, 0) is 31.1 Å². The number of nitrogens with one attached hydrogen (secondary N) is 1. The first-order valence-electron chi connectivity index (χ1n) is 13.4. The number of morpholine rings is 1. The lowest BCUT2D eigenvalue weighted by Crippen LogP contribution is -2.52. The summed E-state index contributed by atoms with van der Waals surface area (Å²) in [6.45, 7) is 1.47. The van der Waals surface area contributed by atoms with Gasteiger partial charge in [-0.2, -0.15) is 0 Å². The highest BCUT2D eigenvalue weighted by molar-refractivity contribution is 6.43. The van der Waals surface area contributed by atoms with Gasteiger partial charge in [0.05, 0.1) is 18.6 Å². The highest BCUT2D eigenvalue weighted by atomic mass is 16.5. The summed E-state index contributed by atoms with van der Waals surface area (Å²) in [6.07, 6.45) is 0.519. The van der Waals surface area contributed by atoms with E-state index in [9.17, 15) is 19.2 Å². The number of carbonyl (C=O) groups excluding carboxylic acids is 4. The van der Waals surface area contributed by atoms with Crippen molar-refractivity contribution < 1.29 is 28.7 Å². The molecule has 9 nitrogen and oxygen atoms in total. The van der Waals surface area contributed by atoms with Gasteiger partial charge in [-0.15, -0.1) is 0 Å². The number of ether oxygens (including phenoxy) is 2. The molecule has 2 aromatic rings. The molecule has 1 N–H and O–H groups in total. The molecule has 5 rings (SSSR count). The second-order valence-corrected chi connectivity index (χ2v) is 11.1. The Morgan fingerprint density at radius 1 is 1.10 bits per heavy atom. The van der Waals surface area contributed by atoms with E-state index < -0.39 is 17.3 Å². The molecule has 2 unspecified atom stereocenters. The van der Waals surface area contributed by atoms with E-state index in [1.54, 1.807) is 12.1 Å². The Bertz CT molecular complexity index is 1360. The Balaban J connectivity index is 1.39. The van der Waals surface area contributed by atoms with Crippen molar-refractivity contribution in [3.8, 4) is 5.75 Å². The third kappa shape index (κ3) is 5.02. The summed E-state index contributed by atoms with van der Waals surface area (Å²) in [5.41, 5.74) is 5.50. The van der Waals surface area contributed by atoms with Crippen LogP contribution in [0.25, 0.3) is 0 Å². The summed E-state index contributed by atoms with van der Waals surface area (Å²) in [5, 5.41) is 1.61. The Hall–Kier alpha value is -3.40. The molecule has 2 aromatic carbocycles. The van der Waals surface area contributed by atoms with E-state index in [4.69, 9.17) is 9.47 Å². The van der Waals surface area contributed by atoms with Crippen molar-refractivity contribution in [1.29, 1.82) is 0 Å². The average Bonchev–Trinajstić information content (AvgIpc) is 3.21. The van der Waals surface area contributed by atoms with Crippen LogP contribution in [0.1, 0.15) is 45.8 Å². The van der Waals surface area contributed by atoms with Gasteiger partial charge in [0.25, 0.3) is 5.91 Å². The molecule has 2 saturated heterocycles. The standard InChI is InChI=1S/C25H30B5N3O6/c26-15-8-12(9-16(27)21(15)22(28)32-6-7-38-11-20(32)35)25(29,30)39-18-3-1-2-13-14(18)10-33(24(13)37)17-4-5-19(34)31-23(17)36/h1-3,8-9,17,22H,4-7,10-11,26-30H2,(H,31,34,36). The third-order valence-corrected chi connectivity index (χ3v) is 8.10. The number of rotatable bonds is 6. The van der Waals surface area contributed by atoms with Crippen LogP contribution in [0.15, 0.2) is 30.3 Å². The molecule has 3 aliphatic rings. The van der Waals surface area contributed by atoms with Gasteiger partial charge in [-0.3, -0.25) is 24.5 Å². The summed E-state index contributed by atoms with van der Waals surface area (Å²) in [6, 6.07) is 8.92. The fraction of sp³-hybridized carbons (Fsp3) is 0.360. The number of imide groups is 1. The number of benzene rings is 2. The van der Waals surface area contributed by atoms with Crippen molar-refractivity contribution >= 4 is 73.8 Å². The predicted molar refractivity (Wildman–Crippen MR) is 158 cm³/mol. The smallest absolute Gasteiger partial charge is 0.255 e. The summed E-state index contributed by atoms with van der Waals surface area (Å²) in [7, 11) is 10.1. The molecule has 2 fully saturated rings. The van der Waals surface area contributed by atoms with Gasteiger partial charge < -0.3 is 19.3 Å². The zero-order chi connectivity index (χ0) is 28.1. The van der Waals surface area contributed by atoms with E-state index in [0.29, 0.717) is 30.9 Å². The van der Waals surface area contributed by atoms with Gasteiger partial charge in [0.1, 0.15) is 41.9 Å². The van der Waals surface area contributed by atoms with Crippen molar-refractivity contribution in [3.63, 3.8) is 0 Å². The molecule has 14 heteroatoms. The Morgan fingerprint density at radius 2 is 1.82 bits per heavy atom. The molecule has 196 valence electrons. The summed E-state index contributed by atoms with van der Waals surface area (Å²) in [5.74, 6) is -0.457. The molecule has 0 saturated carbocycles. The van der Waals surface area contributed by atoms with Crippen LogP contribution < -0.4 is 21.0 Å². The first-order chi connectivity index (χ1) is 18.5. The zero-order valence-corrected chi connectivity index (χ0v) is 23.1. The van der Waals surface area contributed by atoms with Crippen molar-refractivity contribution in [2.45, 2.75) is 36.8 Å². The molecule has 0 aromatic heterocycles. The minimum atomic E-state index is -0.730. The number of amides is 4. The van der Waals surface area contributed by atoms with E-state index in [1.807, 2.05) is 26.7 Å². The van der Waals surface area contributed by atoms with Crippen LogP contribution in [0.4, 0.5) is 0 Å². The van der Waals surface area contributed by atoms with E-state index in [2.05, 4.69) is 41.0 Å². The lowest BCUT2D eigenvalue weighted by Gasteiger charge is -2.36. The van der Waals surface area contributed by atoms with Gasteiger partial charge in [0.15, 0.2) is 15.7 Å². The quantitative estimate of drug-likeness (QED) is 0.301. The maximum absolute atomic E-state index is 13.2. The molecular weight excluding hydrogens is 492 g/mol. The monoisotopic (exact) mass is 523 g/mol. The van der Waals surface area contributed by atoms with E-state index >= 15 is 0 Å². The van der Waals surface area contributed by atoms with Gasteiger partial charge in [-0.25, -0.2) is 0 Å². The van der Waals surface area contributed by atoms with Gasteiger partial charge in [-0.1, -0.05) is 29.1 Å². The number of nitrogens with zero attached hydrogens (tertiary/aromatic N) is 2. The van der Waals surface area contributed by atoms with Gasteiger partial charge >= 0.3 is 0 Å². The fourth-order valence-electron chi connectivity index (χ4n) is 6.06. The largest absolute Gasteiger partial charge is 0.501 e. The molecule has 3 heterocycles. The topological polar surface area (TPSA) is 105 Å². The summed E-state index contributed by atoms with van der Waals surface area (Å²) >= 11 is 0. The van der Waals surface area contributed by atoms with Crippen LogP contribution in [0, 0.1) is 0 Å². The van der Waals surface area contributed by atoms with Crippen LogP contribution in [0.3, 0.4) is 0 Å². The minimum Gasteiger partial charge on any atom is -0.501 e. The molecule has 0 aliphatic carbocycles. The van der Waals surface area contributed by atoms with Crippen LogP contribution >= 0.6 is 0 Å². The number of hydrogen-bond donors (Lipinski definition) is 1. The van der Waals surface area contributed by atoms with Crippen molar-refractivity contribution in [2.75, 3.05) is 19.8 Å². The van der Waals surface area contributed by atoms with Gasteiger partial charge in [0, 0.05) is 30.0 Å². The van der Waals surface area contributed by atoms with Crippen molar-refractivity contribution in [3.05, 3.63) is 52.6 Å². The Kier molecular flexibility index (Phi) is 7.18. The van der Waals surface area contributed by atoms with E-state index in [1.165, 1.54) is 4.90 Å². The minimum absolute atomic E-state index is 0.000814. The molecule has 0 spiro atoms. The summed E-state index contributed by atoms with van der Waals surface area (Å²) < 4.78 is 11.9. The number of carbonyl (C=O) groups is 4. The molecule has 39 heavy (non-hydrogen) atoms. The SMILES string of the molecule is Bc1cc(C(B)(B)Oc2cccc3c2CN(C2CCC(=O)NC2=O)C3=O)cc(B)c1C(B)N1CCOCC1=O. The molecule has 2 atom stereocenters. The number of hydrogen-bond acceptors (Lipinski definition) is 6. The molecule has 3 aliphatic heterocycles.